The minimum Gasteiger partial charge on any atom is -0.368 e. The maximum atomic E-state index is 11.8. The summed E-state index contributed by atoms with van der Waals surface area (Å²) in [5.41, 5.74) is 10.1. The van der Waals surface area contributed by atoms with Crippen LogP contribution in [0.5, 0.6) is 0 Å². The van der Waals surface area contributed by atoms with E-state index < -0.39 is 127 Å². The van der Waals surface area contributed by atoms with Crippen LogP contribution in [0.15, 0.2) is 123 Å². The molecule has 0 aliphatic rings. The van der Waals surface area contributed by atoms with Crippen LogP contribution in [0.2, 0.25) is 0 Å². The van der Waals surface area contributed by atoms with E-state index in [-0.39, 0.29) is 6.54 Å². The molecule has 104 heavy (non-hydrogen) atoms. The minimum absolute atomic E-state index is 0.255. The molecule has 19 N–H and O–H groups in total. The van der Waals surface area contributed by atoms with Gasteiger partial charge in [0.2, 0.25) is 36.8 Å². The molecule has 0 saturated heterocycles. The second-order valence-electron chi connectivity index (χ2n) is 25.0. The molecule has 0 aliphatic heterocycles. The van der Waals surface area contributed by atoms with Gasteiger partial charge in [0.05, 0.1) is 113 Å². The monoisotopic (exact) mass is 1650 g/mol. The molecule has 10 atom stereocenters. The Labute approximate surface area is 591 Å². The number of hydrogen-bond donors (Lipinski definition) is 19. The van der Waals surface area contributed by atoms with Crippen molar-refractivity contribution in [3.63, 3.8) is 0 Å². The fourth-order valence-corrected chi connectivity index (χ4v) is 24.1. The molecule has 0 bridgehead atoms. The second kappa shape index (κ2) is 31.2. The molecule has 49 heteroatoms. The van der Waals surface area contributed by atoms with Gasteiger partial charge in [0.1, 0.15) is 0 Å². The zero-order chi connectivity index (χ0) is 79.3. The molecular weight excluding hydrogens is 1570 g/mol. The number of rotatable bonds is 20. The van der Waals surface area contributed by atoms with Crippen molar-refractivity contribution in [3.05, 3.63) is 150 Å². The summed E-state index contributed by atoms with van der Waals surface area (Å²) in [6.07, 6.45) is 6.50. The molecular formula is C55H80N10O29P10. The van der Waals surface area contributed by atoms with Crippen LogP contribution >= 0.6 is 74.8 Å². The number of para-hydroxylation sites is 3. The van der Waals surface area contributed by atoms with E-state index in [0.29, 0.717) is 55.2 Å². The summed E-state index contributed by atoms with van der Waals surface area (Å²) in [7, 11) is -47.6. The van der Waals surface area contributed by atoms with Gasteiger partial charge < -0.3 is 117 Å². The van der Waals surface area contributed by atoms with Crippen molar-refractivity contribution in [1.82, 2.24) is 47.8 Å². The van der Waals surface area contributed by atoms with E-state index in [9.17, 15) is 139 Å². The minimum atomic E-state index is -5.25. The van der Waals surface area contributed by atoms with Crippen LogP contribution in [0.25, 0.3) is 55.2 Å². The van der Waals surface area contributed by atoms with Crippen molar-refractivity contribution < 1.29 is 139 Å². The maximum Gasteiger partial charge on any atom is 0.368 e. The molecule has 10 rings (SSSR count). The highest BCUT2D eigenvalue weighted by Crippen LogP contribution is 2.71. The number of aliphatic hydroxyl groups is 4. The van der Waals surface area contributed by atoms with Crippen molar-refractivity contribution in [2.75, 3.05) is 33.3 Å². The largest absolute Gasteiger partial charge is 0.368 e. The van der Waals surface area contributed by atoms with Crippen LogP contribution in [0, 0.1) is 34.6 Å². The van der Waals surface area contributed by atoms with Gasteiger partial charge in [-0.2, -0.15) is 0 Å². The van der Waals surface area contributed by atoms with E-state index in [2.05, 4.69) is 24.9 Å². The highest BCUT2D eigenvalue weighted by molar-refractivity contribution is 7.76. The van der Waals surface area contributed by atoms with Gasteiger partial charge in [0.25, 0.3) is 20.3 Å². The highest BCUT2D eigenvalue weighted by Gasteiger charge is 2.60. The summed E-state index contributed by atoms with van der Waals surface area (Å²) >= 11 is 0. The molecule has 0 amide bonds. The number of fused-ring (bicyclic) bond motifs is 5. The summed E-state index contributed by atoms with van der Waals surface area (Å²) in [5.74, 6) is 0. The van der Waals surface area contributed by atoms with Gasteiger partial charge in [-0.3, -0.25) is 45.7 Å². The Morgan fingerprint density at radius 2 is 0.673 bits per heavy atom. The summed E-state index contributed by atoms with van der Waals surface area (Å²) in [6.45, 7) is 9.77. The Hall–Kier alpha value is -5.01. The standard InChI is InChI=1S/4C11H16N2O6P2.C11H16N2O5P2/c1-8-3-4-10-9(5-8)12-7-13(10)6-11(14,20(2,15)16)21(17,18)19;1-8-3-4-9-10(5-8)13(7-12-9)6-11(14,20(2,15)16)21(17,18)19;1-8-4-3-5-9-10(8)12-7-13(9)6-11(14,20(2,15)16)21(17,18)19;1-8-4-3-5-9-10(8)13(7-12-9)6-11(14,20(2,15)16)21(17,18)19;1-8-4-3-5-9-11(8)12-7-13(9)6-10(19(2,14)15)20(16,17)18/h4*3-5,7,14H,6H2,1-2H3,(H,15,16)(H2,17,18,19);3-5,7,10H,6H2,1-2H3,(H,14,15)(H2,16,17,18). The summed E-state index contributed by atoms with van der Waals surface area (Å²) in [5, 5.41) is 26.8. The van der Waals surface area contributed by atoms with E-state index in [0.717, 1.165) is 61.1 Å². The third-order valence-electron chi connectivity index (χ3n) is 16.5. The predicted octanol–water partition coefficient (Wildman–Crippen LogP) is 6.02. The predicted molar refractivity (Wildman–Crippen MR) is 385 cm³/mol. The highest BCUT2D eigenvalue weighted by atomic mass is 31.2. The first-order valence-electron chi connectivity index (χ1n) is 29.7. The van der Waals surface area contributed by atoms with Gasteiger partial charge in [0.15, 0.2) is 5.40 Å². The molecule has 39 nitrogen and oxygen atoms in total. The summed E-state index contributed by atoms with van der Waals surface area (Å²) < 4.78 is 123. The Balaban J connectivity index is 0.000000204. The number of nitrogens with zero attached hydrogens (tertiary/aromatic N) is 10. The Morgan fingerprint density at radius 1 is 0.346 bits per heavy atom. The fraction of sp³-hybridized carbons (Fsp3) is 0.364. The lowest BCUT2D eigenvalue weighted by Gasteiger charge is -2.31. The third kappa shape index (κ3) is 19.2. The molecule has 0 radical (unpaired) electrons. The van der Waals surface area contributed by atoms with Gasteiger partial charge in [-0.15, -0.1) is 0 Å². The van der Waals surface area contributed by atoms with Crippen molar-refractivity contribution in [1.29, 1.82) is 0 Å². The molecule has 0 fully saturated rings. The van der Waals surface area contributed by atoms with Crippen molar-refractivity contribution in [2.45, 2.75) is 93.1 Å². The molecule has 5 aromatic heterocycles. The summed E-state index contributed by atoms with van der Waals surface area (Å²) in [6, 6.07) is 26.2. The number of benzene rings is 5. The normalized spacial score (nSPS) is 18.1. The smallest absolute Gasteiger partial charge is 0.368 e. The van der Waals surface area contributed by atoms with E-state index in [1.807, 2.05) is 45.9 Å². The average Bonchev–Trinajstić information content (AvgIpc) is 1.24. The molecule has 10 unspecified atom stereocenters. The van der Waals surface area contributed by atoms with Crippen LogP contribution in [0.3, 0.4) is 0 Å². The third-order valence-corrected chi connectivity index (χ3v) is 38.6. The topological polar surface area (TPSA) is 644 Å². The number of hydrogen-bond acceptors (Lipinski definition) is 19. The quantitative estimate of drug-likeness (QED) is 0.0388. The van der Waals surface area contributed by atoms with E-state index in [1.165, 1.54) is 54.5 Å². The zero-order valence-corrected chi connectivity index (χ0v) is 65.6. The van der Waals surface area contributed by atoms with Crippen LogP contribution in [-0.2, 0) is 78.4 Å². The molecule has 10 aromatic rings. The molecule has 5 aromatic carbocycles. The van der Waals surface area contributed by atoms with Crippen LogP contribution < -0.4 is 0 Å². The van der Waals surface area contributed by atoms with E-state index in [4.69, 9.17) is 0 Å². The average molecular weight is 1660 g/mol. The lowest BCUT2D eigenvalue weighted by molar-refractivity contribution is 0.133. The maximum absolute atomic E-state index is 11.8. The Morgan fingerprint density at radius 3 is 1.09 bits per heavy atom. The van der Waals surface area contributed by atoms with Crippen molar-refractivity contribution >= 4 is 130 Å². The zero-order valence-electron chi connectivity index (χ0n) is 56.7. The Bertz CT molecular complexity index is 5180. The SMILES string of the molecule is Cc1ccc2c(c1)ncn2CC(O)(P(C)(=O)O)P(=O)(O)O.Cc1ccc2ncn(CC(O)(P(C)(=O)O)P(=O)(O)O)c2c1.Cc1cccc2c1ncn2CC(O)(P(C)(=O)O)P(=O)(O)O.Cc1cccc2c1ncn2CC(P(C)(=O)O)P(=O)(O)O.Cc1cccc2ncn(CC(O)(P(C)(=O)O)P(=O)(O)O)c12. The lowest BCUT2D eigenvalue weighted by Crippen LogP contribution is -2.33. The van der Waals surface area contributed by atoms with Crippen LogP contribution in [-0.4, -0.2) is 201 Å². The first-order chi connectivity index (χ1) is 47.0. The van der Waals surface area contributed by atoms with Gasteiger partial charge in [-0.1, -0.05) is 48.5 Å². The molecule has 0 aliphatic carbocycles. The molecule has 0 spiro atoms. The van der Waals surface area contributed by atoms with E-state index in [1.54, 1.807) is 79.7 Å². The molecule has 0 saturated carbocycles. The van der Waals surface area contributed by atoms with Crippen molar-refractivity contribution in [2.24, 2.45) is 0 Å². The van der Waals surface area contributed by atoms with Gasteiger partial charge in [-0.05, 0) is 105 Å². The number of imidazole rings is 5. The van der Waals surface area contributed by atoms with Crippen molar-refractivity contribution in [3.8, 4) is 0 Å². The van der Waals surface area contributed by atoms with Gasteiger partial charge >= 0.3 is 38.0 Å². The first-order valence-corrected chi connectivity index (χ1v) is 48.4. The van der Waals surface area contributed by atoms with Crippen LogP contribution in [0.4, 0.5) is 0 Å². The number of aromatic nitrogens is 10. The number of aryl methyl sites for hydroxylation is 5. The van der Waals surface area contributed by atoms with E-state index >= 15 is 0 Å². The Kier molecular flexibility index (Phi) is 26.3. The van der Waals surface area contributed by atoms with Crippen LogP contribution in [0.1, 0.15) is 27.8 Å². The van der Waals surface area contributed by atoms with Gasteiger partial charge in [0, 0.05) is 39.9 Å². The molecule has 574 valence electrons. The van der Waals surface area contributed by atoms with Gasteiger partial charge in [-0.25, -0.2) is 24.9 Å². The first kappa shape index (κ1) is 87.9. The molecule has 5 heterocycles. The second-order valence-corrected chi connectivity index (χ2v) is 48.4. The fourth-order valence-electron chi connectivity index (χ4n) is 10.2. The lowest BCUT2D eigenvalue weighted by atomic mass is 10.2. The summed E-state index contributed by atoms with van der Waals surface area (Å²) in [4.78, 5) is 161.